The quantitative estimate of drug-likeness (QED) is 0.662. The third-order valence-corrected chi connectivity index (χ3v) is 3.37. The van der Waals surface area contributed by atoms with Gasteiger partial charge in [-0.3, -0.25) is 10.1 Å². The van der Waals surface area contributed by atoms with E-state index in [1.165, 1.54) is 11.3 Å². The fourth-order valence-electron chi connectivity index (χ4n) is 1.16. The Morgan fingerprint density at radius 2 is 2.06 bits per heavy atom. The van der Waals surface area contributed by atoms with E-state index in [0.29, 0.717) is 4.88 Å². The minimum atomic E-state index is -1.60. The smallest absolute Gasteiger partial charge is 0.262 e. The van der Waals surface area contributed by atoms with E-state index in [2.05, 4.69) is 10.6 Å². The number of thiophene rings is 1. The van der Waals surface area contributed by atoms with E-state index < -0.39 is 9.96 Å². The van der Waals surface area contributed by atoms with Gasteiger partial charge in [0.2, 0.25) is 3.79 Å². The summed E-state index contributed by atoms with van der Waals surface area (Å²) in [7, 11) is 0. The van der Waals surface area contributed by atoms with Gasteiger partial charge in [-0.2, -0.15) is 0 Å². The number of hydrogen-bond donors (Lipinski definition) is 2. The van der Waals surface area contributed by atoms with Crippen molar-refractivity contribution < 1.29 is 4.79 Å². The highest BCUT2D eigenvalue weighted by Gasteiger charge is 2.34. The standard InChI is InChI=1S/C10H13Cl3N2OS/c1-6(2)14-9(10(11,12)13)15-8(16)7-4-3-5-17-7/h3-6,9,14H,1-2H3,(H,15,16). The number of amides is 1. The van der Waals surface area contributed by atoms with Crippen LogP contribution in [0.25, 0.3) is 0 Å². The molecule has 1 atom stereocenters. The largest absolute Gasteiger partial charge is 0.332 e. The zero-order valence-electron chi connectivity index (χ0n) is 9.34. The highest BCUT2D eigenvalue weighted by Crippen LogP contribution is 2.29. The summed E-state index contributed by atoms with van der Waals surface area (Å²) in [6.07, 6.45) is -0.734. The fraction of sp³-hybridized carbons (Fsp3) is 0.500. The molecule has 1 amide bonds. The average molecular weight is 316 g/mol. The van der Waals surface area contributed by atoms with E-state index in [-0.39, 0.29) is 11.9 Å². The molecule has 1 rings (SSSR count). The first kappa shape index (κ1) is 15.1. The predicted octanol–water partition coefficient (Wildman–Crippen LogP) is 3.17. The van der Waals surface area contributed by atoms with Gasteiger partial charge in [-0.15, -0.1) is 11.3 Å². The molecule has 17 heavy (non-hydrogen) atoms. The summed E-state index contributed by atoms with van der Waals surface area (Å²) in [5, 5.41) is 7.46. The number of carbonyl (C=O) groups is 1. The predicted molar refractivity (Wildman–Crippen MR) is 74.1 cm³/mol. The molecule has 0 saturated carbocycles. The minimum absolute atomic E-state index is 0.0826. The van der Waals surface area contributed by atoms with Gasteiger partial charge in [-0.25, -0.2) is 0 Å². The van der Waals surface area contributed by atoms with E-state index in [1.54, 1.807) is 12.1 Å². The number of alkyl halides is 3. The van der Waals surface area contributed by atoms with Crippen LogP contribution in [0.4, 0.5) is 0 Å². The monoisotopic (exact) mass is 314 g/mol. The molecule has 3 nitrogen and oxygen atoms in total. The van der Waals surface area contributed by atoms with Crippen LogP contribution in [0.5, 0.6) is 0 Å². The molecule has 96 valence electrons. The van der Waals surface area contributed by atoms with Crippen molar-refractivity contribution in [3.05, 3.63) is 22.4 Å². The average Bonchev–Trinajstić information content (AvgIpc) is 2.66. The van der Waals surface area contributed by atoms with Crippen LogP contribution in [0, 0.1) is 0 Å². The van der Waals surface area contributed by atoms with Crippen LogP contribution < -0.4 is 10.6 Å². The van der Waals surface area contributed by atoms with Gasteiger partial charge in [0, 0.05) is 6.04 Å². The summed E-state index contributed by atoms with van der Waals surface area (Å²) < 4.78 is -1.60. The lowest BCUT2D eigenvalue weighted by molar-refractivity contribution is 0.0932. The van der Waals surface area contributed by atoms with E-state index in [9.17, 15) is 4.79 Å². The Labute approximate surface area is 119 Å². The normalized spacial score (nSPS) is 13.8. The second-order valence-corrected chi connectivity index (χ2v) is 7.06. The van der Waals surface area contributed by atoms with E-state index in [4.69, 9.17) is 34.8 Å². The molecule has 0 aliphatic carbocycles. The summed E-state index contributed by atoms with van der Waals surface area (Å²) in [4.78, 5) is 12.4. The van der Waals surface area contributed by atoms with Crippen molar-refractivity contribution in [2.75, 3.05) is 0 Å². The summed E-state index contributed by atoms with van der Waals surface area (Å²) in [5.41, 5.74) is 0. The molecule has 0 fully saturated rings. The van der Waals surface area contributed by atoms with Gasteiger partial charge in [0.15, 0.2) is 0 Å². The molecule has 1 unspecified atom stereocenters. The molecule has 1 aromatic rings. The van der Waals surface area contributed by atoms with Crippen LogP contribution in [-0.2, 0) is 0 Å². The number of hydrogen-bond acceptors (Lipinski definition) is 3. The number of halogens is 3. The first-order chi connectivity index (χ1) is 7.80. The zero-order chi connectivity index (χ0) is 13.1. The summed E-state index contributed by atoms with van der Waals surface area (Å²) >= 11 is 18.8. The lowest BCUT2D eigenvalue weighted by atomic mass is 10.3. The third-order valence-electron chi connectivity index (χ3n) is 1.85. The summed E-state index contributed by atoms with van der Waals surface area (Å²) in [6, 6.07) is 3.59. The molecule has 0 bridgehead atoms. The van der Waals surface area contributed by atoms with Crippen molar-refractivity contribution in [1.29, 1.82) is 0 Å². The van der Waals surface area contributed by atoms with Crippen molar-refractivity contribution in [2.45, 2.75) is 29.8 Å². The maximum Gasteiger partial charge on any atom is 0.262 e. The number of rotatable bonds is 4. The molecule has 0 aliphatic heterocycles. The maximum absolute atomic E-state index is 11.8. The van der Waals surface area contributed by atoms with Crippen LogP contribution in [0.1, 0.15) is 23.5 Å². The van der Waals surface area contributed by atoms with Gasteiger partial charge < -0.3 is 5.32 Å². The van der Waals surface area contributed by atoms with E-state index >= 15 is 0 Å². The molecule has 0 aliphatic rings. The van der Waals surface area contributed by atoms with Gasteiger partial charge in [0.05, 0.1) is 4.88 Å². The lowest BCUT2D eigenvalue weighted by Crippen LogP contribution is -2.55. The van der Waals surface area contributed by atoms with Gasteiger partial charge in [-0.05, 0) is 25.3 Å². The number of nitrogens with one attached hydrogen (secondary N) is 2. The molecule has 2 N–H and O–H groups in total. The van der Waals surface area contributed by atoms with Crippen molar-refractivity contribution in [3.8, 4) is 0 Å². The second kappa shape index (κ2) is 6.25. The molecular weight excluding hydrogens is 303 g/mol. The first-order valence-corrected chi connectivity index (χ1v) is 6.99. The van der Waals surface area contributed by atoms with Gasteiger partial charge in [-0.1, -0.05) is 40.9 Å². The molecule has 0 saturated heterocycles. The van der Waals surface area contributed by atoms with Crippen molar-refractivity contribution >= 4 is 52.0 Å². The van der Waals surface area contributed by atoms with Crippen LogP contribution in [0.2, 0.25) is 0 Å². The Bertz CT molecular complexity index is 362. The van der Waals surface area contributed by atoms with Crippen LogP contribution >= 0.6 is 46.1 Å². The minimum Gasteiger partial charge on any atom is -0.332 e. The van der Waals surface area contributed by atoms with Gasteiger partial charge in [0.1, 0.15) is 6.17 Å². The molecule has 0 radical (unpaired) electrons. The summed E-state index contributed by atoms with van der Waals surface area (Å²) in [5.74, 6) is -0.260. The topological polar surface area (TPSA) is 41.1 Å². The Balaban J connectivity index is 2.70. The Morgan fingerprint density at radius 1 is 1.41 bits per heavy atom. The third kappa shape index (κ3) is 5.02. The molecule has 1 aromatic heterocycles. The lowest BCUT2D eigenvalue weighted by Gasteiger charge is -2.28. The number of carbonyl (C=O) groups excluding carboxylic acids is 1. The molecule has 0 spiro atoms. The molecule has 1 heterocycles. The molecule has 7 heteroatoms. The Kier molecular flexibility index (Phi) is 5.54. The SMILES string of the molecule is CC(C)NC(NC(=O)c1cccs1)C(Cl)(Cl)Cl. The Hall–Kier alpha value is -0.000000000000000111. The fourth-order valence-corrected chi connectivity index (χ4v) is 2.14. The maximum atomic E-state index is 11.8. The highest BCUT2D eigenvalue weighted by molar-refractivity contribution is 7.12. The molecule has 0 aromatic carbocycles. The highest BCUT2D eigenvalue weighted by atomic mass is 35.6. The molecular formula is C10H13Cl3N2OS. The van der Waals surface area contributed by atoms with Crippen LogP contribution in [0.3, 0.4) is 0 Å². The zero-order valence-corrected chi connectivity index (χ0v) is 12.4. The van der Waals surface area contributed by atoms with Crippen LogP contribution in [-0.4, -0.2) is 21.9 Å². The van der Waals surface area contributed by atoms with Crippen molar-refractivity contribution in [2.24, 2.45) is 0 Å². The van der Waals surface area contributed by atoms with Gasteiger partial charge in [0.25, 0.3) is 5.91 Å². The van der Waals surface area contributed by atoms with Crippen LogP contribution in [0.15, 0.2) is 17.5 Å². The second-order valence-electron chi connectivity index (χ2n) is 3.75. The van der Waals surface area contributed by atoms with Crippen molar-refractivity contribution in [1.82, 2.24) is 10.6 Å². The van der Waals surface area contributed by atoms with Gasteiger partial charge >= 0.3 is 0 Å². The Morgan fingerprint density at radius 3 is 2.47 bits per heavy atom. The van der Waals surface area contributed by atoms with E-state index in [1.807, 2.05) is 19.2 Å². The van der Waals surface area contributed by atoms with E-state index in [0.717, 1.165) is 0 Å². The first-order valence-electron chi connectivity index (χ1n) is 4.98. The summed E-state index contributed by atoms with van der Waals surface area (Å²) in [6.45, 7) is 3.81. The van der Waals surface area contributed by atoms with Crippen molar-refractivity contribution in [3.63, 3.8) is 0 Å².